The fourth-order valence-electron chi connectivity index (χ4n) is 1.90. The molecule has 2 N–H and O–H groups in total. The second-order valence-electron chi connectivity index (χ2n) is 5.90. The van der Waals surface area contributed by atoms with Crippen molar-refractivity contribution in [2.75, 3.05) is 0 Å². The van der Waals surface area contributed by atoms with Crippen LogP contribution in [0.3, 0.4) is 0 Å². The highest BCUT2D eigenvalue weighted by Crippen LogP contribution is 2.22. The topological polar surface area (TPSA) is 79.3 Å². The molecule has 0 saturated carbocycles. The molecule has 0 bridgehead atoms. The zero-order valence-electron chi connectivity index (χ0n) is 11.8. The lowest BCUT2D eigenvalue weighted by molar-refractivity contribution is -0.137. The third kappa shape index (κ3) is 6.14. The van der Waals surface area contributed by atoms with Crippen molar-refractivity contribution < 1.29 is 14.7 Å². The van der Waals surface area contributed by atoms with Crippen LogP contribution in [-0.4, -0.2) is 28.0 Å². The molecule has 0 aliphatic heterocycles. The van der Waals surface area contributed by atoms with Gasteiger partial charge in [-0.15, -0.1) is 0 Å². The number of hydrogen-bond acceptors (Lipinski definition) is 3. The summed E-state index contributed by atoms with van der Waals surface area (Å²) in [5.74, 6) is -1.23. The fraction of sp³-hybridized carbons (Fsp3) is 0.500. The van der Waals surface area contributed by atoms with Crippen molar-refractivity contribution in [2.45, 2.75) is 39.7 Å². The van der Waals surface area contributed by atoms with Gasteiger partial charge in [0.05, 0.1) is 12.0 Å². The van der Waals surface area contributed by atoms with Crippen LogP contribution in [0.25, 0.3) is 0 Å². The molecular formula is C14H19BrN2O3. The third-order valence-corrected chi connectivity index (χ3v) is 3.07. The summed E-state index contributed by atoms with van der Waals surface area (Å²) in [6.45, 7) is 6.03. The van der Waals surface area contributed by atoms with Gasteiger partial charge in [-0.1, -0.05) is 20.8 Å². The molecule has 1 heterocycles. The molecule has 0 spiro atoms. The fourth-order valence-corrected chi connectivity index (χ4v) is 2.14. The van der Waals surface area contributed by atoms with Gasteiger partial charge in [-0.25, -0.2) is 4.98 Å². The van der Waals surface area contributed by atoms with Gasteiger partial charge < -0.3 is 10.4 Å². The number of nitrogens with zero attached hydrogens (tertiary/aromatic N) is 1. The molecule has 6 heteroatoms. The van der Waals surface area contributed by atoms with Crippen molar-refractivity contribution in [3.63, 3.8) is 0 Å². The Morgan fingerprint density at radius 2 is 2.05 bits per heavy atom. The first-order valence-electron chi connectivity index (χ1n) is 6.31. The first-order valence-corrected chi connectivity index (χ1v) is 7.11. The molecule has 1 unspecified atom stereocenters. The second-order valence-corrected chi connectivity index (χ2v) is 6.72. The summed E-state index contributed by atoms with van der Waals surface area (Å²) in [7, 11) is 0. The predicted octanol–water partition coefficient (Wildman–Crippen LogP) is 2.85. The SMILES string of the molecule is CC(C)(C)CC(CC(=O)O)NC(=O)c1ccc(Br)nc1. The van der Waals surface area contributed by atoms with E-state index in [9.17, 15) is 9.59 Å². The molecular weight excluding hydrogens is 324 g/mol. The van der Waals surface area contributed by atoms with Crippen LogP contribution in [0.1, 0.15) is 44.0 Å². The third-order valence-electron chi connectivity index (χ3n) is 2.60. The Hall–Kier alpha value is -1.43. The molecule has 1 atom stereocenters. The zero-order valence-corrected chi connectivity index (χ0v) is 13.4. The van der Waals surface area contributed by atoms with Gasteiger partial charge >= 0.3 is 5.97 Å². The Kier molecular flexibility index (Phi) is 5.68. The zero-order chi connectivity index (χ0) is 15.3. The van der Waals surface area contributed by atoms with Crippen LogP contribution in [0.5, 0.6) is 0 Å². The number of pyridine rings is 1. The van der Waals surface area contributed by atoms with Crippen LogP contribution >= 0.6 is 15.9 Å². The van der Waals surface area contributed by atoms with E-state index in [-0.39, 0.29) is 17.7 Å². The lowest BCUT2D eigenvalue weighted by Gasteiger charge is -2.25. The molecule has 0 aliphatic carbocycles. The maximum atomic E-state index is 12.1. The molecule has 1 aromatic rings. The minimum Gasteiger partial charge on any atom is -0.481 e. The van der Waals surface area contributed by atoms with Gasteiger partial charge in [-0.3, -0.25) is 9.59 Å². The van der Waals surface area contributed by atoms with E-state index >= 15 is 0 Å². The lowest BCUT2D eigenvalue weighted by atomic mass is 9.87. The van der Waals surface area contributed by atoms with Gasteiger partial charge in [-0.05, 0) is 39.9 Å². The molecule has 0 aliphatic rings. The molecule has 5 nitrogen and oxygen atoms in total. The smallest absolute Gasteiger partial charge is 0.305 e. The number of halogens is 1. The minimum absolute atomic E-state index is 0.0641. The minimum atomic E-state index is -0.923. The number of nitrogens with one attached hydrogen (secondary N) is 1. The van der Waals surface area contributed by atoms with Crippen LogP contribution < -0.4 is 5.32 Å². The highest BCUT2D eigenvalue weighted by Gasteiger charge is 2.23. The number of hydrogen-bond donors (Lipinski definition) is 2. The molecule has 1 aromatic heterocycles. The summed E-state index contributed by atoms with van der Waals surface area (Å²) in [6, 6.07) is 2.91. The number of carboxylic acid groups (broad SMARTS) is 1. The molecule has 0 aromatic carbocycles. The van der Waals surface area contributed by atoms with Crippen molar-refractivity contribution in [1.82, 2.24) is 10.3 Å². The van der Waals surface area contributed by atoms with Crippen LogP contribution in [0.15, 0.2) is 22.9 Å². The Labute approximate surface area is 126 Å². The van der Waals surface area contributed by atoms with Gasteiger partial charge in [-0.2, -0.15) is 0 Å². The van der Waals surface area contributed by atoms with Crippen LogP contribution in [-0.2, 0) is 4.79 Å². The van der Waals surface area contributed by atoms with Gasteiger partial charge in [0.2, 0.25) is 0 Å². The average Bonchev–Trinajstić information content (AvgIpc) is 2.26. The first kappa shape index (κ1) is 16.6. The van der Waals surface area contributed by atoms with Gasteiger partial charge in [0, 0.05) is 12.2 Å². The van der Waals surface area contributed by atoms with Gasteiger partial charge in [0.15, 0.2) is 0 Å². The van der Waals surface area contributed by atoms with Crippen molar-refractivity contribution in [3.8, 4) is 0 Å². The largest absolute Gasteiger partial charge is 0.481 e. The summed E-state index contributed by atoms with van der Waals surface area (Å²) < 4.78 is 0.644. The quantitative estimate of drug-likeness (QED) is 0.806. The van der Waals surface area contributed by atoms with Crippen molar-refractivity contribution in [1.29, 1.82) is 0 Å². The number of aromatic nitrogens is 1. The summed E-state index contributed by atoms with van der Waals surface area (Å²) >= 11 is 3.20. The van der Waals surface area contributed by atoms with Crippen molar-refractivity contribution in [3.05, 3.63) is 28.5 Å². The number of amides is 1. The number of carbonyl (C=O) groups excluding carboxylic acids is 1. The molecule has 110 valence electrons. The monoisotopic (exact) mass is 342 g/mol. The Bertz CT molecular complexity index is 480. The highest BCUT2D eigenvalue weighted by atomic mass is 79.9. The van der Waals surface area contributed by atoms with Gasteiger partial charge in [0.1, 0.15) is 4.60 Å². The van der Waals surface area contributed by atoms with E-state index in [1.165, 1.54) is 6.20 Å². The standard InChI is InChI=1S/C14H19BrN2O3/c1-14(2,3)7-10(6-12(18)19)17-13(20)9-4-5-11(15)16-8-9/h4-5,8,10H,6-7H2,1-3H3,(H,17,20)(H,18,19). The maximum absolute atomic E-state index is 12.1. The second kappa shape index (κ2) is 6.83. The lowest BCUT2D eigenvalue weighted by Crippen LogP contribution is -2.39. The average molecular weight is 343 g/mol. The van der Waals surface area contributed by atoms with E-state index in [4.69, 9.17) is 5.11 Å². The molecule has 20 heavy (non-hydrogen) atoms. The van der Waals surface area contributed by atoms with Crippen LogP contribution in [0.2, 0.25) is 0 Å². The summed E-state index contributed by atoms with van der Waals surface area (Å²) in [4.78, 5) is 26.9. The molecule has 0 fully saturated rings. The summed E-state index contributed by atoms with van der Waals surface area (Å²) in [5.41, 5.74) is 0.350. The van der Waals surface area contributed by atoms with E-state index < -0.39 is 12.0 Å². The van der Waals surface area contributed by atoms with E-state index in [1.807, 2.05) is 20.8 Å². The van der Waals surface area contributed by atoms with E-state index in [0.29, 0.717) is 16.6 Å². The molecule has 1 amide bonds. The molecule has 0 saturated heterocycles. The summed E-state index contributed by atoms with van der Waals surface area (Å²) in [5, 5.41) is 11.7. The van der Waals surface area contributed by atoms with Crippen LogP contribution in [0, 0.1) is 5.41 Å². The van der Waals surface area contributed by atoms with Gasteiger partial charge in [0.25, 0.3) is 5.91 Å². The number of carboxylic acids is 1. The van der Waals surface area contributed by atoms with E-state index in [2.05, 4.69) is 26.2 Å². The number of rotatable bonds is 5. The normalized spacial score (nSPS) is 12.8. The molecule has 0 radical (unpaired) electrons. The van der Waals surface area contributed by atoms with Crippen molar-refractivity contribution >= 4 is 27.8 Å². The number of carbonyl (C=O) groups is 2. The Balaban J connectivity index is 2.75. The molecule has 1 rings (SSSR count). The van der Waals surface area contributed by atoms with E-state index in [1.54, 1.807) is 12.1 Å². The number of aliphatic carboxylic acids is 1. The van der Waals surface area contributed by atoms with E-state index in [0.717, 1.165) is 0 Å². The predicted molar refractivity (Wildman–Crippen MR) is 79.5 cm³/mol. The summed E-state index contributed by atoms with van der Waals surface area (Å²) in [6.07, 6.45) is 1.95. The van der Waals surface area contributed by atoms with Crippen molar-refractivity contribution in [2.24, 2.45) is 5.41 Å². The first-order chi connectivity index (χ1) is 9.17. The Morgan fingerprint density at radius 1 is 1.40 bits per heavy atom. The Morgan fingerprint density at radius 3 is 2.50 bits per heavy atom. The maximum Gasteiger partial charge on any atom is 0.305 e. The highest BCUT2D eigenvalue weighted by molar-refractivity contribution is 9.10. The van der Waals surface area contributed by atoms with Crippen LogP contribution in [0.4, 0.5) is 0 Å².